The normalized spacial score (nSPS) is 31.2. The molecule has 0 N–H and O–H groups in total. The Morgan fingerprint density at radius 2 is 2.00 bits per heavy atom. The van der Waals surface area contributed by atoms with E-state index in [-0.39, 0.29) is 12.4 Å². The maximum absolute atomic E-state index is 11.9. The first kappa shape index (κ1) is 17.8. The first-order valence-corrected chi connectivity index (χ1v) is 8.45. The molecular weight excluding hydrogens is 332 g/mol. The second-order valence-electron chi connectivity index (χ2n) is 6.89. The van der Waals surface area contributed by atoms with E-state index in [9.17, 15) is 4.79 Å². The van der Waals surface area contributed by atoms with E-state index in [4.69, 9.17) is 30.5 Å². The van der Waals surface area contributed by atoms with Crippen molar-refractivity contribution in [3.05, 3.63) is 33.8 Å². The Hall–Kier alpha value is -0.980. The van der Waals surface area contributed by atoms with Crippen molar-refractivity contribution in [1.82, 2.24) is 0 Å². The lowest BCUT2D eigenvalue weighted by molar-refractivity contribution is -0.218. The molecule has 0 radical (unpaired) electrons. The number of hydrogen-bond acceptors (Lipinski definition) is 5. The van der Waals surface area contributed by atoms with Crippen molar-refractivity contribution in [3.63, 3.8) is 0 Å². The molecule has 0 aliphatic carbocycles. The van der Waals surface area contributed by atoms with Gasteiger partial charge in [-0.2, -0.15) is 0 Å². The molecule has 0 spiro atoms. The maximum atomic E-state index is 11.9. The maximum Gasteiger partial charge on any atom is 0.190 e. The highest BCUT2D eigenvalue weighted by Gasteiger charge is 2.56. The van der Waals surface area contributed by atoms with Crippen LogP contribution in [0.15, 0.2) is 12.1 Å². The summed E-state index contributed by atoms with van der Waals surface area (Å²) in [7, 11) is 0. The molecule has 2 fully saturated rings. The number of rotatable bonds is 4. The Morgan fingerprint density at radius 3 is 2.67 bits per heavy atom. The number of aryl methyl sites for hydroxylation is 1. The van der Waals surface area contributed by atoms with Gasteiger partial charge in [0.05, 0.1) is 6.61 Å². The highest BCUT2D eigenvalue weighted by atomic mass is 35.5. The Balaban J connectivity index is 1.77. The van der Waals surface area contributed by atoms with E-state index in [0.29, 0.717) is 5.02 Å². The predicted molar refractivity (Wildman–Crippen MR) is 88.9 cm³/mol. The monoisotopic (exact) mass is 354 g/mol. The van der Waals surface area contributed by atoms with E-state index >= 15 is 0 Å². The molecule has 1 aromatic rings. The smallest absolute Gasteiger partial charge is 0.190 e. The zero-order valence-electron chi connectivity index (χ0n) is 14.6. The number of hydrogen-bond donors (Lipinski definition) is 0. The Labute approximate surface area is 147 Å². The largest absolute Gasteiger partial charge is 0.367 e. The molecule has 4 atom stereocenters. The lowest BCUT2D eigenvalue weighted by Crippen LogP contribution is -2.39. The summed E-state index contributed by atoms with van der Waals surface area (Å²) in [5.74, 6) is -0.859. The molecule has 3 rings (SSSR count). The van der Waals surface area contributed by atoms with E-state index in [0.717, 1.165) is 16.7 Å². The fourth-order valence-corrected chi connectivity index (χ4v) is 3.39. The van der Waals surface area contributed by atoms with Crippen molar-refractivity contribution < 1.29 is 23.7 Å². The van der Waals surface area contributed by atoms with Crippen LogP contribution in [0.4, 0.5) is 0 Å². The molecule has 0 bridgehead atoms. The first-order chi connectivity index (χ1) is 11.2. The van der Waals surface area contributed by atoms with Crippen molar-refractivity contribution in [3.8, 4) is 0 Å². The summed E-state index contributed by atoms with van der Waals surface area (Å²) in [6.07, 6.45) is -2.23. The third kappa shape index (κ3) is 3.24. The third-order valence-electron chi connectivity index (χ3n) is 4.56. The van der Waals surface area contributed by atoms with Crippen LogP contribution in [0.1, 0.15) is 37.5 Å². The number of ketones is 1. The molecule has 0 amide bonds. The van der Waals surface area contributed by atoms with Crippen LogP contribution in [0.5, 0.6) is 0 Å². The van der Waals surface area contributed by atoms with E-state index in [1.165, 1.54) is 6.92 Å². The Kier molecular flexibility index (Phi) is 4.75. The number of Topliss-reactive ketones (excluding diaryl/α,β-unsaturated/α-hetero) is 1. The molecular formula is C18H23ClO5. The van der Waals surface area contributed by atoms with Gasteiger partial charge in [-0.15, -0.1) is 0 Å². The summed E-state index contributed by atoms with van der Waals surface area (Å²) < 4.78 is 23.3. The molecule has 132 valence electrons. The van der Waals surface area contributed by atoms with E-state index in [2.05, 4.69) is 0 Å². The van der Waals surface area contributed by atoms with Gasteiger partial charge in [-0.1, -0.05) is 23.7 Å². The summed E-state index contributed by atoms with van der Waals surface area (Å²) in [4.78, 5) is 11.9. The second kappa shape index (κ2) is 6.39. The minimum atomic E-state index is -0.753. The van der Waals surface area contributed by atoms with Crippen LogP contribution in [0.2, 0.25) is 5.02 Å². The molecule has 1 aromatic carbocycles. The average Bonchev–Trinajstić information content (AvgIpc) is 2.96. The van der Waals surface area contributed by atoms with Crippen LogP contribution in [0.25, 0.3) is 0 Å². The summed E-state index contributed by atoms with van der Waals surface area (Å²) in [5.41, 5.74) is 3.04. The van der Waals surface area contributed by atoms with Crippen LogP contribution >= 0.6 is 11.6 Å². The van der Waals surface area contributed by atoms with Crippen LogP contribution in [0, 0.1) is 13.8 Å². The number of benzene rings is 1. The zero-order chi connectivity index (χ0) is 17.6. The van der Waals surface area contributed by atoms with Crippen LogP contribution in [0.3, 0.4) is 0 Å². The van der Waals surface area contributed by atoms with Crippen LogP contribution < -0.4 is 0 Å². The molecule has 2 saturated heterocycles. The van der Waals surface area contributed by atoms with Gasteiger partial charge in [0.2, 0.25) is 0 Å². The number of fused-ring (bicyclic) bond motifs is 1. The van der Waals surface area contributed by atoms with Crippen molar-refractivity contribution in [2.24, 2.45) is 0 Å². The molecule has 0 unspecified atom stereocenters. The first-order valence-electron chi connectivity index (χ1n) is 8.07. The Bertz CT molecular complexity index is 657. The fraction of sp³-hybridized carbons (Fsp3) is 0.611. The van der Waals surface area contributed by atoms with Gasteiger partial charge in [-0.25, -0.2) is 0 Å². The lowest BCUT2D eigenvalue weighted by Gasteiger charge is -2.25. The molecule has 24 heavy (non-hydrogen) atoms. The van der Waals surface area contributed by atoms with Gasteiger partial charge in [0.1, 0.15) is 18.3 Å². The topological polar surface area (TPSA) is 54.0 Å². The lowest BCUT2D eigenvalue weighted by atomic mass is 10.1. The van der Waals surface area contributed by atoms with E-state index < -0.39 is 30.4 Å². The van der Waals surface area contributed by atoms with Crippen LogP contribution in [-0.2, 0) is 30.3 Å². The SMILES string of the molecule is CC(=O)[C@H]1O[C@@H]2OC(C)(C)O[C@@H]2[C@H]1OCc1ccc(C)c(C)c1Cl. The minimum Gasteiger partial charge on any atom is -0.367 e. The van der Waals surface area contributed by atoms with Crippen molar-refractivity contribution >= 4 is 17.4 Å². The number of ether oxygens (including phenoxy) is 4. The Morgan fingerprint density at radius 1 is 1.29 bits per heavy atom. The molecule has 0 saturated carbocycles. The van der Waals surface area contributed by atoms with Gasteiger partial charge in [0.15, 0.2) is 17.9 Å². The van der Waals surface area contributed by atoms with Gasteiger partial charge in [0, 0.05) is 5.02 Å². The second-order valence-corrected chi connectivity index (χ2v) is 7.27. The van der Waals surface area contributed by atoms with Crippen molar-refractivity contribution in [2.75, 3.05) is 0 Å². The standard InChI is InChI=1S/C18H23ClO5/c1-9-6-7-12(13(19)10(9)2)8-21-15-14(11(3)20)22-17-16(15)23-18(4,5)24-17/h6-7,14-17H,8H2,1-5H3/t14-,15+,16-,17-/m1/s1. The summed E-state index contributed by atoms with van der Waals surface area (Å²) >= 11 is 6.41. The molecule has 2 heterocycles. The van der Waals surface area contributed by atoms with Crippen molar-refractivity contribution in [1.29, 1.82) is 0 Å². The summed E-state index contributed by atoms with van der Waals surface area (Å²) in [6.45, 7) is 9.38. The highest BCUT2D eigenvalue weighted by Crippen LogP contribution is 2.39. The quantitative estimate of drug-likeness (QED) is 0.830. The number of halogens is 1. The molecule has 6 heteroatoms. The molecule has 2 aliphatic rings. The molecule has 2 aliphatic heterocycles. The van der Waals surface area contributed by atoms with Gasteiger partial charge in [-0.05, 0) is 51.3 Å². The van der Waals surface area contributed by atoms with Gasteiger partial charge >= 0.3 is 0 Å². The van der Waals surface area contributed by atoms with Gasteiger partial charge < -0.3 is 18.9 Å². The van der Waals surface area contributed by atoms with Gasteiger partial charge in [-0.3, -0.25) is 4.79 Å². The molecule has 5 nitrogen and oxygen atoms in total. The number of carbonyl (C=O) groups is 1. The highest BCUT2D eigenvalue weighted by molar-refractivity contribution is 6.32. The fourth-order valence-electron chi connectivity index (χ4n) is 3.12. The summed E-state index contributed by atoms with van der Waals surface area (Å²) in [5, 5.41) is 0.689. The predicted octanol–water partition coefficient (Wildman–Crippen LogP) is 3.31. The van der Waals surface area contributed by atoms with E-state index in [1.807, 2.05) is 39.8 Å². The van der Waals surface area contributed by atoms with E-state index in [1.54, 1.807) is 0 Å². The average molecular weight is 355 g/mol. The van der Waals surface area contributed by atoms with Gasteiger partial charge in [0.25, 0.3) is 0 Å². The molecule has 0 aromatic heterocycles. The number of carbonyl (C=O) groups excluding carboxylic acids is 1. The minimum absolute atomic E-state index is 0.106. The zero-order valence-corrected chi connectivity index (χ0v) is 15.3. The summed E-state index contributed by atoms with van der Waals surface area (Å²) in [6, 6.07) is 3.95. The third-order valence-corrected chi connectivity index (χ3v) is 5.09. The van der Waals surface area contributed by atoms with Crippen LogP contribution in [-0.4, -0.2) is 36.2 Å². The van der Waals surface area contributed by atoms with Crippen molar-refractivity contribution in [2.45, 2.75) is 71.6 Å².